The molecule has 6 N–H and O–H groups in total. The van der Waals surface area contributed by atoms with Gasteiger partial charge in [-0.05, 0) is 18.6 Å². The van der Waals surface area contributed by atoms with Crippen LogP contribution in [-0.4, -0.2) is 31.4 Å². The molecular formula is C11H15N3O5S. The van der Waals surface area contributed by atoms with E-state index in [0.29, 0.717) is 0 Å². The molecule has 0 spiro atoms. The first kappa shape index (κ1) is 16.1. The van der Waals surface area contributed by atoms with Crippen LogP contribution in [0, 0.1) is 0 Å². The topological polar surface area (TPSA) is 153 Å². The van der Waals surface area contributed by atoms with Gasteiger partial charge in [0, 0.05) is 6.42 Å². The van der Waals surface area contributed by atoms with Crippen LogP contribution in [0.15, 0.2) is 29.2 Å². The number of hydrogen-bond acceptors (Lipinski definition) is 5. The van der Waals surface area contributed by atoms with Gasteiger partial charge in [-0.2, -0.15) is 0 Å². The molecule has 0 saturated carbocycles. The molecule has 0 fully saturated rings. The van der Waals surface area contributed by atoms with E-state index >= 15 is 0 Å². The van der Waals surface area contributed by atoms with E-state index < -0.39 is 27.9 Å². The van der Waals surface area contributed by atoms with Crippen LogP contribution in [0.2, 0.25) is 0 Å². The predicted molar refractivity (Wildman–Crippen MR) is 71.3 cm³/mol. The van der Waals surface area contributed by atoms with Gasteiger partial charge in [-0.1, -0.05) is 12.1 Å². The van der Waals surface area contributed by atoms with E-state index in [1.54, 1.807) is 0 Å². The summed E-state index contributed by atoms with van der Waals surface area (Å²) in [7, 11) is -3.98. The zero-order valence-electron chi connectivity index (χ0n) is 10.4. The molecule has 0 aliphatic rings. The van der Waals surface area contributed by atoms with E-state index in [1.165, 1.54) is 24.3 Å². The lowest BCUT2D eigenvalue weighted by molar-refractivity contribution is -0.137. The Morgan fingerprint density at radius 1 is 1.30 bits per heavy atom. The Morgan fingerprint density at radius 3 is 2.45 bits per heavy atom. The molecule has 0 aromatic heterocycles. The van der Waals surface area contributed by atoms with Crippen molar-refractivity contribution < 1.29 is 23.1 Å². The molecule has 8 nitrogen and oxygen atoms in total. The molecule has 1 aromatic rings. The van der Waals surface area contributed by atoms with Crippen LogP contribution in [-0.2, 0) is 19.6 Å². The Labute approximate surface area is 115 Å². The van der Waals surface area contributed by atoms with Crippen molar-refractivity contribution in [2.75, 3.05) is 5.32 Å². The highest BCUT2D eigenvalue weighted by atomic mass is 32.2. The molecule has 0 heterocycles. The number of aliphatic carboxylic acids is 1. The van der Waals surface area contributed by atoms with Crippen LogP contribution in [0.5, 0.6) is 0 Å². The van der Waals surface area contributed by atoms with Gasteiger partial charge in [0.2, 0.25) is 15.9 Å². The minimum absolute atomic E-state index is 0.00535. The number of nitrogens with two attached hydrogens (primary N) is 2. The number of amides is 1. The zero-order valence-corrected chi connectivity index (χ0v) is 11.3. The summed E-state index contributed by atoms with van der Waals surface area (Å²) < 4.78 is 22.7. The molecule has 20 heavy (non-hydrogen) atoms. The molecule has 1 aromatic carbocycles. The summed E-state index contributed by atoms with van der Waals surface area (Å²) in [5.74, 6) is -1.75. The molecular weight excluding hydrogens is 286 g/mol. The normalized spacial score (nSPS) is 12.7. The Hall–Kier alpha value is -1.97. The van der Waals surface area contributed by atoms with Crippen molar-refractivity contribution in [2.24, 2.45) is 10.9 Å². The number of rotatable bonds is 6. The first-order valence-electron chi connectivity index (χ1n) is 5.62. The molecule has 9 heteroatoms. The van der Waals surface area contributed by atoms with Crippen LogP contribution in [0.4, 0.5) is 5.69 Å². The van der Waals surface area contributed by atoms with Crippen molar-refractivity contribution in [1.29, 1.82) is 0 Å². The number of hydrogen-bond donors (Lipinski definition) is 4. The molecule has 0 saturated heterocycles. The maximum absolute atomic E-state index is 11.7. The Bertz CT molecular complexity index is 614. The van der Waals surface area contributed by atoms with E-state index in [9.17, 15) is 18.0 Å². The van der Waals surface area contributed by atoms with Gasteiger partial charge in [-0.3, -0.25) is 9.59 Å². The molecule has 110 valence electrons. The molecule has 1 unspecified atom stereocenters. The molecule has 0 aliphatic carbocycles. The third kappa shape index (κ3) is 4.61. The van der Waals surface area contributed by atoms with Crippen molar-refractivity contribution in [3.8, 4) is 0 Å². The highest BCUT2D eigenvalue weighted by Crippen LogP contribution is 2.19. The molecule has 0 bridgehead atoms. The minimum Gasteiger partial charge on any atom is -0.481 e. The first-order valence-corrected chi connectivity index (χ1v) is 7.16. The second-order valence-electron chi connectivity index (χ2n) is 4.07. The van der Waals surface area contributed by atoms with Crippen LogP contribution >= 0.6 is 0 Å². The first-order chi connectivity index (χ1) is 9.21. The fraction of sp³-hybridized carbons (Fsp3) is 0.273. The van der Waals surface area contributed by atoms with Crippen molar-refractivity contribution in [3.63, 3.8) is 0 Å². The fourth-order valence-corrected chi connectivity index (χ4v) is 2.15. The summed E-state index contributed by atoms with van der Waals surface area (Å²) >= 11 is 0. The number of carbonyl (C=O) groups is 2. The van der Waals surface area contributed by atoms with E-state index in [0.717, 1.165) is 0 Å². The van der Waals surface area contributed by atoms with E-state index in [4.69, 9.17) is 16.0 Å². The van der Waals surface area contributed by atoms with Gasteiger partial charge in [-0.15, -0.1) is 0 Å². The summed E-state index contributed by atoms with van der Waals surface area (Å²) in [6.45, 7) is 0. The molecule has 0 radical (unpaired) electrons. The Balaban J connectivity index is 2.84. The highest BCUT2D eigenvalue weighted by molar-refractivity contribution is 7.89. The minimum atomic E-state index is -3.98. The SMILES string of the molecule is NC(CCC(=O)O)C(=O)Nc1ccccc1S(N)(=O)=O. The van der Waals surface area contributed by atoms with Gasteiger partial charge in [0.15, 0.2) is 0 Å². The van der Waals surface area contributed by atoms with Gasteiger partial charge >= 0.3 is 5.97 Å². The van der Waals surface area contributed by atoms with E-state index in [-0.39, 0.29) is 23.4 Å². The Kier molecular flexibility index (Phi) is 5.19. The smallest absolute Gasteiger partial charge is 0.303 e. The summed E-state index contributed by atoms with van der Waals surface area (Å²) in [6, 6.07) is 4.53. The van der Waals surface area contributed by atoms with E-state index in [2.05, 4.69) is 5.32 Å². The number of anilines is 1. The van der Waals surface area contributed by atoms with Crippen LogP contribution in [0.3, 0.4) is 0 Å². The third-order valence-corrected chi connectivity index (χ3v) is 3.43. The number of sulfonamides is 1. The largest absolute Gasteiger partial charge is 0.481 e. The standard InChI is InChI=1S/C11H15N3O5S/c12-7(5-6-10(15)16)11(17)14-8-3-1-2-4-9(8)20(13,18)19/h1-4,7H,5-6,12H2,(H,14,17)(H,15,16)(H2,13,18,19). The van der Waals surface area contributed by atoms with Crippen LogP contribution in [0.1, 0.15) is 12.8 Å². The summed E-state index contributed by atoms with van der Waals surface area (Å²) in [4.78, 5) is 21.9. The predicted octanol–water partition coefficient (Wildman–Crippen LogP) is -0.535. The van der Waals surface area contributed by atoms with E-state index in [1.807, 2.05) is 0 Å². The maximum atomic E-state index is 11.7. The molecule has 1 amide bonds. The van der Waals surface area contributed by atoms with Gasteiger partial charge in [0.05, 0.1) is 11.7 Å². The summed E-state index contributed by atoms with van der Waals surface area (Å²) in [5, 5.41) is 15.8. The average Bonchev–Trinajstić information content (AvgIpc) is 2.35. The van der Waals surface area contributed by atoms with Gasteiger partial charge < -0.3 is 16.2 Å². The second kappa shape index (κ2) is 6.46. The van der Waals surface area contributed by atoms with Gasteiger partial charge in [0.1, 0.15) is 4.90 Å². The number of primary sulfonamides is 1. The number of carboxylic acid groups (broad SMARTS) is 1. The monoisotopic (exact) mass is 301 g/mol. The number of carbonyl (C=O) groups excluding carboxylic acids is 1. The number of para-hydroxylation sites is 1. The molecule has 1 atom stereocenters. The van der Waals surface area contributed by atoms with Crippen molar-refractivity contribution in [1.82, 2.24) is 0 Å². The summed E-state index contributed by atoms with van der Waals surface area (Å²) in [6.07, 6.45) is -0.315. The number of nitrogens with one attached hydrogen (secondary N) is 1. The van der Waals surface area contributed by atoms with Gasteiger partial charge in [-0.25, -0.2) is 13.6 Å². The van der Waals surface area contributed by atoms with Crippen LogP contribution in [0.25, 0.3) is 0 Å². The quantitative estimate of drug-likeness (QED) is 0.553. The van der Waals surface area contributed by atoms with Gasteiger partial charge in [0.25, 0.3) is 0 Å². The number of carboxylic acids is 1. The fourth-order valence-electron chi connectivity index (χ4n) is 1.45. The lowest BCUT2D eigenvalue weighted by Gasteiger charge is -2.13. The average molecular weight is 301 g/mol. The zero-order chi connectivity index (χ0) is 15.3. The van der Waals surface area contributed by atoms with Crippen molar-refractivity contribution in [2.45, 2.75) is 23.8 Å². The second-order valence-corrected chi connectivity index (χ2v) is 5.60. The Morgan fingerprint density at radius 2 is 1.90 bits per heavy atom. The molecule has 0 aliphatic heterocycles. The van der Waals surface area contributed by atoms with Crippen molar-refractivity contribution >= 4 is 27.6 Å². The lowest BCUT2D eigenvalue weighted by atomic mass is 10.1. The van der Waals surface area contributed by atoms with Crippen LogP contribution < -0.4 is 16.2 Å². The summed E-state index contributed by atoms with van der Waals surface area (Å²) in [5.41, 5.74) is 5.52. The number of benzene rings is 1. The third-order valence-electron chi connectivity index (χ3n) is 2.46. The van der Waals surface area contributed by atoms with Crippen molar-refractivity contribution in [3.05, 3.63) is 24.3 Å². The maximum Gasteiger partial charge on any atom is 0.303 e. The molecule has 1 rings (SSSR count). The highest BCUT2D eigenvalue weighted by Gasteiger charge is 2.19. The lowest BCUT2D eigenvalue weighted by Crippen LogP contribution is -2.36.